The molecule has 104 valence electrons. The van der Waals surface area contributed by atoms with Crippen LogP contribution < -0.4 is 5.32 Å². The van der Waals surface area contributed by atoms with Crippen molar-refractivity contribution in [3.05, 3.63) is 12.2 Å². The molecule has 1 rings (SSSR count). The van der Waals surface area contributed by atoms with E-state index in [9.17, 15) is 4.79 Å². The van der Waals surface area contributed by atoms with Gasteiger partial charge in [-0.1, -0.05) is 25.5 Å². The Morgan fingerprint density at radius 2 is 2.17 bits per heavy atom. The van der Waals surface area contributed by atoms with Gasteiger partial charge in [0.05, 0.1) is 0 Å². The monoisotopic (exact) mass is 254 g/mol. The minimum atomic E-state index is 0.0252. The van der Waals surface area contributed by atoms with Crippen molar-refractivity contribution in [3.8, 4) is 0 Å². The number of nitrogens with zero attached hydrogens (tertiary/aromatic N) is 1. The summed E-state index contributed by atoms with van der Waals surface area (Å²) in [6.45, 7) is 3.69. The molecule has 0 aromatic carbocycles. The van der Waals surface area contributed by atoms with E-state index in [4.69, 9.17) is 5.11 Å². The molecular weight excluding hydrogens is 228 g/mol. The number of hydrogen-bond donors (Lipinski definition) is 2. The van der Waals surface area contributed by atoms with Gasteiger partial charge >= 0.3 is 6.03 Å². The Kier molecular flexibility index (Phi) is 7.49. The van der Waals surface area contributed by atoms with Gasteiger partial charge in [0.15, 0.2) is 0 Å². The Morgan fingerprint density at radius 1 is 1.39 bits per heavy atom. The number of aliphatic hydroxyl groups is 1. The minimum Gasteiger partial charge on any atom is -0.396 e. The van der Waals surface area contributed by atoms with Gasteiger partial charge in [0.25, 0.3) is 0 Å². The molecule has 0 radical (unpaired) electrons. The highest BCUT2D eigenvalue weighted by Gasteiger charge is 2.17. The summed E-state index contributed by atoms with van der Waals surface area (Å²) in [7, 11) is 0. The zero-order chi connectivity index (χ0) is 13.2. The van der Waals surface area contributed by atoms with E-state index in [1.807, 2.05) is 4.90 Å². The van der Waals surface area contributed by atoms with Gasteiger partial charge in [-0.2, -0.15) is 0 Å². The third-order valence-electron chi connectivity index (χ3n) is 3.25. The molecule has 4 nitrogen and oxygen atoms in total. The van der Waals surface area contributed by atoms with Gasteiger partial charge in [0, 0.05) is 25.7 Å². The molecule has 1 aliphatic rings. The summed E-state index contributed by atoms with van der Waals surface area (Å²) in [5.74, 6) is 0. The van der Waals surface area contributed by atoms with E-state index in [1.165, 1.54) is 0 Å². The molecule has 0 saturated heterocycles. The van der Waals surface area contributed by atoms with Crippen LogP contribution in [-0.2, 0) is 0 Å². The Morgan fingerprint density at radius 3 is 2.78 bits per heavy atom. The van der Waals surface area contributed by atoms with Gasteiger partial charge in [-0.3, -0.25) is 0 Å². The van der Waals surface area contributed by atoms with E-state index < -0.39 is 0 Å². The van der Waals surface area contributed by atoms with Crippen LogP contribution in [0.5, 0.6) is 0 Å². The molecule has 0 fully saturated rings. The largest absolute Gasteiger partial charge is 0.396 e. The standard InChI is InChI=1S/C14H26N2O2/c1-2-3-10-16(11-7-12-17)14(18)15-13-8-5-4-6-9-13/h4-5,13,17H,2-3,6-12H2,1H3,(H,15,18). The molecule has 1 aliphatic carbocycles. The lowest BCUT2D eigenvalue weighted by Crippen LogP contribution is -2.46. The average molecular weight is 254 g/mol. The lowest BCUT2D eigenvalue weighted by molar-refractivity contribution is 0.184. The molecular formula is C14H26N2O2. The topological polar surface area (TPSA) is 52.6 Å². The molecule has 0 spiro atoms. The molecule has 1 atom stereocenters. The molecule has 1 unspecified atom stereocenters. The first kappa shape index (κ1) is 15.0. The SMILES string of the molecule is CCCCN(CCCO)C(=O)NC1CC=CCC1. The van der Waals surface area contributed by atoms with Crippen LogP contribution in [0.3, 0.4) is 0 Å². The smallest absolute Gasteiger partial charge is 0.317 e. The second-order valence-electron chi connectivity index (χ2n) is 4.85. The van der Waals surface area contributed by atoms with Crippen LogP contribution in [0.1, 0.15) is 45.4 Å². The van der Waals surface area contributed by atoms with Gasteiger partial charge in [0.1, 0.15) is 0 Å². The quantitative estimate of drug-likeness (QED) is 0.685. The lowest BCUT2D eigenvalue weighted by Gasteiger charge is -2.27. The van der Waals surface area contributed by atoms with Crippen molar-refractivity contribution in [1.29, 1.82) is 0 Å². The predicted octanol–water partition coefficient (Wildman–Crippen LogP) is 2.29. The van der Waals surface area contributed by atoms with Gasteiger partial charge in [-0.25, -0.2) is 4.79 Å². The van der Waals surface area contributed by atoms with E-state index in [-0.39, 0.29) is 18.7 Å². The number of rotatable bonds is 7. The summed E-state index contributed by atoms with van der Waals surface area (Å²) in [6.07, 6.45) is 10.1. The number of allylic oxidation sites excluding steroid dienone is 1. The van der Waals surface area contributed by atoms with Crippen LogP contribution in [0, 0.1) is 0 Å². The van der Waals surface area contributed by atoms with E-state index in [0.717, 1.165) is 38.6 Å². The Labute approximate surface area is 110 Å². The molecule has 0 aromatic heterocycles. The van der Waals surface area contributed by atoms with Crippen molar-refractivity contribution in [2.45, 2.75) is 51.5 Å². The summed E-state index contributed by atoms with van der Waals surface area (Å²) >= 11 is 0. The molecule has 0 aliphatic heterocycles. The third-order valence-corrected chi connectivity index (χ3v) is 3.25. The van der Waals surface area contributed by atoms with Crippen LogP contribution in [0.25, 0.3) is 0 Å². The van der Waals surface area contributed by atoms with Gasteiger partial charge < -0.3 is 15.3 Å². The van der Waals surface area contributed by atoms with Gasteiger partial charge in [0.2, 0.25) is 0 Å². The number of urea groups is 1. The average Bonchev–Trinajstić information content (AvgIpc) is 2.40. The first-order valence-electron chi connectivity index (χ1n) is 7.09. The fourth-order valence-corrected chi connectivity index (χ4v) is 2.12. The van der Waals surface area contributed by atoms with Crippen LogP contribution in [0.15, 0.2) is 12.2 Å². The van der Waals surface area contributed by atoms with Crippen LogP contribution in [0.2, 0.25) is 0 Å². The van der Waals surface area contributed by atoms with Gasteiger partial charge in [-0.05, 0) is 32.1 Å². The lowest BCUT2D eigenvalue weighted by atomic mass is 10.0. The third kappa shape index (κ3) is 5.54. The number of carbonyl (C=O) groups excluding carboxylic acids is 1. The maximum Gasteiger partial charge on any atom is 0.317 e. The second-order valence-corrected chi connectivity index (χ2v) is 4.85. The zero-order valence-corrected chi connectivity index (χ0v) is 11.4. The Bertz CT molecular complexity index is 259. The molecule has 0 aromatic rings. The van der Waals surface area contributed by atoms with Crippen LogP contribution in [-0.4, -0.2) is 41.8 Å². The highest BCUT2D eigenvalue weighted by atomic mass is 16.3. The molecule has 0 saturated carbocycles. The molecule has 0 bridgehead atoms. The first-order chi connectivity index (χ1) is 8.77. The molecule has 18 heavy (non-hydrogen) atoms. The number of carbonyl (C=O) groups is 1. The van der Waals surface area contributed by atoms with Crippen LogP contribution in [0.4, 0.5) is 4.79 Å². The van der Waals surface area contributed by atoms with Crippen molar-refractivity contribution in [3.63, 3.8) is 0 Å². The minimum absolute atomic E-state index is 0.0252. The molecule has 2 N–H and O–H groups in total. The molecule has 0 heterocycles. The maximum absolute atomic E-state index is 12.1. The highest BCUT2D eigenvalue weighted by molar-refractivity contribution is 5.74. The van der Waals surface area contributed by atoms with Crippen molar-refractivity contribution in [1.82, 2.24) is 10.2 Å². The Hall–Kier alpha value is -1.03. The molecule has 2 amide bonds. The highest BCUT2D eigenvalue weighted by Crippen LogP contribution is 2.11. The summed E-state index contributed by atoms with van der Waals surface area (Å²) in [6, 6.07) is 0.304. The van der Waals surface area contributed by atoms with Crippen LogP contribution >= 0.6 is 0 Å². The number of nitrogens with one attached hydrogen (secondary N) is 1. The number of hydrogen-bond acceptors (Lipinski definition) is 2. The maximum atomic E-state index is 12.1. The summed E-state index contributed by atoms with van der Waals surface area (Å²) in [5.41, 5.74) is 0. The summed E-state index contributed by atoms with van der Waals surface area (Å²) < 4.78 is 0. The van der Waals surface area contributed by atoms with E-state index in [0.29, 0.717) is 13.0 Å². The van der Waals surface area contributed by atoms with Crippen molar-refractivity contribution in [2.24, 2.45) is 0 Å². The van der Waals surface area contributed by atoms with Crippen molar-refractivity contribution < 1.29 is 9.90 Å². The number of aliphatic hydroxyl groups excluding tert-OH is 1. The summed E-state index contributed by atoms with van der Waals surface area (Å²) in [4.78, 5) is 14.0. The van der Waals surface area contributed by atoms with Crippen molar-refractivity contribution in [2.75, 3.05) is 19.7 Å². The predicted molar refractivity (Wildman–Crippen MR) is 73.5 cm³/mol. The number of unbranched alkanes of at least 4 members (excludes halogenated alkanes) is 1. The van der Waals surface area contributed by atoms with E-state index in [1.54, 1.807) is 0 Å². The second kappa shape index (κ2) is 8.97. The van der Waals surface area contributed by atoms with Gasteiger partial charge in [-0.15, -0.1) is 0 Å². The fourth-order valence-electron chi connectivity index (χ4n) is 2.12. The van der Waals surface area contributed by atoms with E-state index >= 15 is 0 Å². The fraction of sp³-hybridized carbons (Fsp3) is 0.786. The number of amides is 2. The zero-order valence-electron chi connectivity index (χ0n) is 11.4. The normalized spacial score (nSPS) is 18.7. The van der Waals surface area contributed by atoms with E-state index in [2.05, 4.69) is 24.4 Å². The first-order valence-corrected chi connectivity index (χ1v) is 7.09. The summed E-state index contributed by atoms with van der Waals surface area (Å²) in [5, 5.41) is 12.0. The Balaban J connectivity index is 2.38. The molecule has 4 heteroatoms. The van der Waals surface area contributed by atoms with Crippen molar-refractivity contribution >= 4 is 6.03 Å².